The largest absolute Gasteiger partial charge is 0.497 e. The molecule has 2 bridgehead atoms. The quantitative estimate of drug-likeness (QED) is 0.763. The number of benzene rings is 2. The van der Waals surface area contributed by atoms with Crippen LogP contribution in [0, 0.1) is 12.8 Å². The van der Waals surface area contributed by atoms with E-state index in [1.165, 1.54) is 0 Å². The van der Waals surface area contributed by atoms with Crippen LogP contribution in [0.15, 0.2) is 52.1 Å². The van der Waals surface area contributed by atoms with E-state index < -0.39 is 0 Å². The fraction of sp³-hybridized carbons (Fsp3) is 0.273. The van der Waals surface area contributed by atoms with Gasteiger partial charge in [-0.2, -0.15) is 0 Å². The van der Waals surface area contributed by atoms with Crippen LogP contribution in [-0.4, -0.2) is 26.3 Å². The maximum atomic E-state index is 6.43. The summed E-state index contributed by atoms with van der Waals surface area (Å²) in [5, 5.41) is 4.12. The average Bonchev–Trinajstić information content (AvgIpc) is 2.70. The number of aliphatic imine (C=N–C) groups is 2. The number of nitrogens with one attached hydrogen (secondary N) is 1. The Balaban J connectivity index is 1.89. The van der Waals surface area contributed by atoms with Gasteiger partial charge in [0.05, 0.1) is 30.6 Å². The maximum absolute atomic E-state index is 6.43. The van der Waals surface area contributed by atoms with Crippen molar-refractivity contribution in [2.24, 2.45) is 15.9 Å². The molecule has 1 atom stereocenters. The number of para-hydroxylation sites is 1. The standard InChI is InChI=1S/C22H22ClN3O2/c1-13-5-4-6-18(23)21(13)26-22-15-7-14(11-24-12-15)8-17-19(25-22)9-16(27-2)10-20(17)28-3/h4-6,9-12,14H,7-8H2,1-3H3,(H,25,26). The minimum atomic E-state index is 0.278. The SMILES string of the molecule is COc1cc2c(c(OC)c1)CC1C=NC=C(C1)C(=Nc1c(C)cccc1Cl)N2. The van der Waals surface area contributed by atoms with Crippen LogP contribution in [-0.2, 0) is 6.42 Å². The van der Waals surface area contributed by atoms with E-state index in [1.54, 1.807) is 14.2 Å². The van der Waals surface area contributed by atoms with Crippen LogP contribution in [0.25, 0.3) is 0 Å². The fourth-order valence-corrected chi connectivity index (χ4v) is 3.88. The predicted molar refractivity (Wildman–Crippen MR) is 115 cm³/mol. The Morgan fingerprint density at radius 1 is 1.18 bits per heavy atom. The van der Waals surface area contributed by atoms with Gasteiger partial charge in [-0.15, -0.1) is 0 Å². The Kier molecular flexibility index (Phi) is 5.09. The molecule has 0 aliphatic carbocycles. The van der Waals surface area contributed by atoms with Crippen LogP contribution in [0.1, 0.15) is 17.5 Å². The van der Waals surface area contributed by atoms with Crippen molar-refractivity contribution in [1.29, 1.82) is 0 Å². The highest BCUT2D eigenvalue weighted by Gasteiger charge is 2.26. The maximum Gasteiger partial charge on any atom is 0.135 e. The molecule has 0 aromatic heterocycles. The molecule has 4 rings (SSSR count). The van der Waals surface area contributed by atoms with Crippen LogP contribution in [0.2, 0.25) is 5.02 Å². The van der Waals surface area contributed by atoms with Gasteiger partial charge in [0.1, 0.15) is 17.3 Å². The summed E-state index contributed by atoms with van der Waals surface area (Å²) >= 11 is 6.43. The second kappa shape index (κ2) is 7.68. The molecule has 0 amide bonds. The molecule has 2 aromatic carbocycles. The molecule has 6 heteroatoms. The topological polar surface area (TPSA) is 55.2 Å². The van der Waals surface area contributed by atoms with E-state index in [-0.39, 0.29) is 5.92 Å². The highest BCUT2D eigenvalue weighted by Crippen LogP contribution is 2.38. The van der Waals surface area contributed by atoms with E-state index in [4.69, 9.17) is 26.1 Å². The van der Waals surface area contributed by atoms with Gasteiger partial charge in [0.15, 0.2) is 0 Å². The molecule has 2 aliphatic heterocycles. The molecule has 0 saturated carbocycles. The number of rotatable bonds is 3. The van der Waals surface area contributed by atoms with Gasteiger partial charge in [-0.1, -0.05) is 23.7 Å². The summed E-state index contributed by atoms with van der Waals surface area (Å²) in [5.41, 5.74) is 4.84. The van der Waals surface area contributed by atoms with E-state index in [9.17, 15) is 0 Å². The Hall–Kier alpha value is -2.79. The van der Waals surface area contributed by atoms with Crippen molar-refractivity contribution >= 4 is 35.0 Å². The van der Waals surface area contributed by atoms with Gasteiger partial charge in [-0.05, 0) is 31.4 Å². The van der Waals surface area contributed by atoms with Gasteiger partial charge in [0, 0.05) is 41.6 Å². The van der Waals surface area contributed by atoms with Gasteiger partial charge < -0.3 is 14.8 Å². The smallest absolute Gasteiger partial charge is 0.135 e. The molecule has 0 saturated heterocycles. The van der Waals surface area contributed by atoms with E-state index in [0.29, 0.717) is 5.02 Å². The van der Waals surface area contributed by atoms with E-state index in [2.05, 4.69) is 10.3 Å². The molecule has 0 spiro atoms. The molecule has 2 heterocycles. The molecular formula is C22H22ClN3O2. The summed E-state index contributed by atoms with van der Waals surface area (Å²) in [6.45, 7) is 2.00. The zero-order chi connectivity index (χ0) is 19.7. The van der Waals surface area contributed by atoms with Gasteiger partial charge in [0.2, 0.25) is 0 Å². The first-order valence-corrected chi connectivity index (χ1v) is 9.55. The first-order valence-electron chi connectivity index (χ1n) is 9.17. The number of halogens is 1. The first kappa shape index (κ1) is 18.6. The van der Waals surface area contributed by atoms with Crippen LogP contribution in [0.5, 0.6) is 11.5 Å². The second-order valence-electron chi connectivity index (χ2n) is 6.97. The molecule has 5 nitrogen and oxygen atoms in total. The first-order chi connectivity index (χ1) is 13.6. The highest BCUT2D eigenvalue weighted by atomic mass is 35.5. The molecule has 2 aliphatic rings. The van der Waals surface area contributed by atoms with Gasteiger partial charge in [-0.3, -0.25) is 4.99 Å². The molecule has 144 valence electrons. The molecule has 2 aromatic rings. The average molecular weight is 396 g/mol. The number of methoxy groups -OCH3 is 2. The lowest BCUT2D eigenvalue weighted by atomic mass is 9.88. The number of nitrogens with zero attached hydrogens (tertiary/aromatic N) is 2. The van der Waals surface area contributed by atoms with Crippen molar-refractivity contribution in [3.8, 4) is 11.5 Å². The van der Waals surface area contributed by atoms with E-state index in [1.807, 2.05) is 49.7 Å². The number of amidine groups is 1. The van der Waals surface area contributed by atoms with Crippen molar-refractivity contribution in [1.82, 2.24) is 0 Å². The molecule has 0 fully saturated rings. The molecule has 1 N–H and O–H groups in total. The Bertz CT molecular complexity index is 991. The van der Waals surface area contributed by atoms with Crippen molar-refractivity contribution in [3.05, 3.63) is 58.3 Å². The monoisotopic (exact) mass is 395 g/mol. The lowest BCUT2D eigenvalue weighted by molar-refractivity contribution is 0.390. The van der Waals surface area contributed by atoms with Crippen molar-refractivity contribution < 1.29 is 9.47 Å². The summed E-state index contributed by atoms with van der Waals surface area (Å²) in [4.78, 5) is 9.35. The van der Waals surface area contributed by atoms with Gasteiger partial charge in [-0.25, -0.2) is 4.99 Å². The van der Waals surface area contributed by atoms with Crippen LogP contribution in [0.4, 0.5) is 11.4 Å². The third kappa shape index (κ3) is 3.50. The highest BCUT2D eigenvalue weighted by molar-refractivity contribution is 6.33. The number of hydrogen-bond donors (Lipinski definition) is 1. The molecule has 1 unspecified atom stereocenters. The summed E-state index contributed by atoms with van der Waals surface area (Å²) < 4.78 is 11.1. The summed E-state index contributed by atoms with van der Waals surface area (Å²) in [7, 11) is 3.33. The predicted octanol–water partition coefficient (Wildman–Crippen LogP) is 5.34. The molecular weight excluding hydrogens is 374 g/mol. The third-order valence-electron chi connectivity index (χ3n) is 5.08. The number of aryl methyl sites for hydroxylation is 1. The van der Waals surface area contributed by atoms with Crippen molar-refractivity contribution in [2.45, 2.75) is 19.8 Å². The number of anilines is 1. The lowest BCUT2D eigenvalue weighted by Crippen LogP contribution is -2.25. The van der Waals surface area contributed by atoms with Crippen molar-refractivity contribution in [2.75, 3.05) is 19.5 Å². The second-order valence-corrected chi connectivity index (χ2v) is 7.37. The van der Waals surface area contributed by atoms with Crippen LogP contribution < -0.4 is 14.8 Å². The zero-order valence-corrected chi connectivity index (χ0v) is 16.9. The zero-order valence-electron chi connectivity index (χ0n) is 16.1. The Morgan fingerprint density at radius 3 is 2.79 bits per heavy atom. The van der Waals surface area contributed by atoms with Gasteiger partial charge >= 0.3 is 0 Å². The Labute approximate surface area is 169 Å². The van der Waals surface area contributed by atoms with Gasteiger partial charge in [0.25, 0.3) is 0 Å². The third-order valence-corrected chi connectivity index (χ3v) is 5.39. The fourth-order valence-electron chi connectivity index (χ4n) is 3.61. The minimum Gasteiger partial charge on any atom is -0.497 e. The number of hydrogen-bond acceptors (Lipinski definition) is 4. The number of ether oxygens (including phenoxy) is 2. The normalized spacial score (nSPS) is 19.2. The van der Waals surface area contributed by atoms with Crippen LogP contribution >= 0.6 is 11.6 Å². The molecule has 28 heavy (non-hydrogen) atoms. The molecule has 0 radical (unpaired) electrons. The Morgan fingerprint density at radius 2 is 2.04 bits per heavy atom. The van der Waals surface area contributed by atoms with E-state index >= 15 is 0 Å². The summed E-state index contributed by atoms with van der Waals surface area (Å²) in [6, 6.07) is 9.68. The van der Waals surface area contributed by atoms with E-state index in [0.717, 1.165) is 58.3 Å². The lowest BCUT2D eigenvalue weighted by Gasteiger charge is -2.27. The van der Waals surface area contributed by atoms with Crippen LogP contribution in [0.3, 0.4) is 0 Å². The summed E-state index contributed by atoms with van der Waals surface area (Å²) in [5.74, 6) is 2.54. The minimum absolute atomic E-state index is 0.278. The van der Waals surface area contributed by atoms with Crippen molar-refractivity contribution in [3.63, 3.8) is 0 Å². The number of fused-ring (bicyclic) bond motifs is 3. The summed E-state index contributed by atoms with van der Waals surface area (Å²) in [6.07, 6.45) is 5.56.